The summed E-state index contributed by atoms with van der Waals surface area (Å²) in [6.45, 7) is 1.90. The molecule has 35 heavy (non-hydrogen) atoms. The van der Waals surface area contributed by atoms with Crippen LogP contribution >= 0.6 is 11.6 Å². The standard InChI is InChI=1S/C22H20ClFN8O3/c1-2-5-18-19(27-31-32(18)21-20(25)29-35-30-21)22(33)28-26-11-13-6-3-7-14(10-13)34-12-15-16(23)8-4-9-17(15)24/h3-4,6-11H,2,5,12H2,1H3,(H2,25,29)(H,28,33). The number of nitrogen functional groups attached to an aromatic ring is 1. The zero-order chi connectivity index (χ0) is 24.8. The van der Waals surface area contributed by atoms with Gasteiger partial charge in [0.1, 0.15) is 18.2 Å². The molecule has 2 aromatic carbocycles. The van der Waals surface area contributed by atoms with Gasteiger partial charge in [0.2, 0.25) is 11.6 Å². The largest absolute Gasteiger partial charge is 0.489 e. The summed E-state index contributed by atoms with van der Waals surface area (Å²) >= 11 is 6.03. The molecule has 180 valence electrons. The smallest absolute Gasteiger partial charge is 0.293 e. The van der Waals surface area contributed by atoms with Crippen molar-refractivity contribution in [3.63, 3.8) is 0 Å². The van der Waals surface area contributed by atoms with Crippen LogP contribution in [0, 0.1) is 5.82 Å². The summed E-state index contributed by atoms with van der Waals surface area (Å²) in [5.74, 6) is -0.354. The molecule has 4 rings (SSSR count). The number of rotatable bonds is 9. The third-order valence-corrected chi connectivity index (χ3v) is 5.20. The Morgan fingerprint density at radius 2 is 2.14 bits per heavy atom. The Morgan fingerprint density at radius 1 is 1.31 bits per heavy atom. The van der Waals surface area contributed by atoms with Crippen LogP contribution in [0.2, 0.25) is 5.02 Å². The van der Waals surface area contributed by atoms with Crippen LogP contribution in [-0.4, -0.2) is 37.4 Å². The molecule has 0 saturated heterocycles. The van der Waals surface area contributed by atoms with E-state index in [1.807, 2.05) is 6.92 Å². The molecule has 2 heterocycles. The third kappa shape index (κ3) is 5.44. The lowest BCUT2D eigenvalue weighted by Crippen LogP contribution is -2.20. The van der Waals surface area contributed by atoms with Crippen LogP contribution in [0.1, 0.15) is 40.7 Å². The number of ether oxygens (including phenoxy) is 1. The fourth-order valence-corrected chi connectivity index (χ4v) is 3.39. The second-order valence-electron chi connectivity index (χ2n) is 7.28. The third-order valence-electron chi connectivity index (χ3n) is 4.84. The summed E-state index contributed by atoms with van der Waals surface area (Å²) in [6, 6.07) is 11.3. The fraction of sp³-hybridized carbons (Fsp3) is 0.182. The average molecular weight is 499 g/mol. The van der Waals surface area contributed by atoms with E-state index in [2.05, 4.69) is 35.8 Å². The normalized spacial score (nSPS) is 11.2. The molecule has 0 spiro atoms. The minimum atomic E-state index is -0.562. The van der Waals surface area contributed by atoms with Crippen LogP contribution in [0.5, 0.6) is 5.75 Å². The maximum atomic E-state index is 13.9. The Balaban J connectivity index is 1.43. The number of aromatic nitrogens is 5. The van der Waals surface area contributed by atoms with E-state index in [1.165, 1.54) is 23.0 Å². The van der Waals surface area contributed by atoms with Crippen LogP contribution in [0.25, 0.3) is 5.82 Å². The van der Waals surface area contributed by atoms with Crippen LogP contribution in [0.3, 0.4) is 0 Å². The Labute approximate surface area is 203 Å². The summed E-state index contributed by atoms with van der Waals surface area (Å²) in [4.78, 5) is 12.7. The van der Waals surface area contributed by atoms with E-state index in [4.69, 9.17) is 22.1 Å². The molecule has 0 aliphatic heterocycles. The summed E-state index contributed by atoms with van der Waals surface area (Å²) in [7, 11) is 0. The number of carbonyl (C=O) groups excluding carboxylic acids is 1. The lowest BCUT2D eigenvalue weighted by Gasteiger charge is -2.09. The van der Waals surface area contributed by atoms with Crippen molar-refractivity contribution in [2.45, 2.75) is 26.4 Å². The summed E-state index contributed by atoms with van der Waals surface area (Å²) < 4.78 is 25.5. The number of carbonyl (C=O) groups is 1. The summed E-state index contributed by atoms with van der Waals surface area (Å²) in [6.07, 6.45) is 2.63. The first-order valence-electron chi connectivity index (χ1n) is 10.5. The number of halogens is 2. The van der Waals surface area contributed by atoms with E-state index < -0.39 is 11.7 Å². The first-order valence-corrected chi connectivity index (χ1v) is 10.9. The van der Waals surface area contributed by atoms with Crippen molar-refractivity contribution >= 4 is 29.5 Å². The summed E-state index contributed by atoms with van der Waals surface area (Å²) in [5, 5.41) is 19.4. The van der Waals surface area contributed by atoms with Gasteiger partial charge in [0.15, 0.2) is 5.69 Å². The van der Waals surface area contributed by atoms with Crippen LogP contribution in [0.4, 0.5) is 10.2 Å². The number of anilines is 1. The molecule has 0 aliphatic rings. The number of benzene rings is 2. The van der Waals surface area contributed by atoms with Crippen molar-refractivity contribution in [2.24, 2.45) is 5.10 Å². The molecule has 4 aromatic rings. The van der Waals surface area contributed by atoms with Gasteiger partial charge in [-0.05, 0) is 46.6 Å². The monoisotopic (exact) mass is 498 g/mol. The molecule has 0 saturated carbocycles. The van der Waals surface area contributed by atoms with Gasteiger partial charge in [-0.3, -0.25) is 4.79 Å². The van der Waals surface area contributed by atoms with Crippen molar-refractivity contribution in [3.05, 3.63) is 75.8 Å². The van der Waals surface area contributed by atoms with Crippen LogP contribution in [-0.2, 0) is 13.0 Å². The maximum Gasteiger partial charge on any atom is 0.293 e. The lowest BCUT2D eigenvalue weighted by atomic mass is 10.2. The van der Waals surface area contributed by atoms with E-state index in [1.54, 1.807) is 30.3 Å². The van der Waals surface area contributed by atoms with Crippen LogP contribution in [0.15, 0.2) is 52.2 Å². The number of hydrazone groups is 1. The van der Waals surface area contributed by atoms with E-state index >= 15 is 0 Å². The molecule has 0 unspecified atom stereocenters. The SMILES string of the molecule is CCCc1c(C(=O)NN=Cc2cccc(OCc3c(F)cccc3Cl)c2)nnn1-c1nonc1N. The number of hydrogen-bond acceptors (Lipinski definition) is 9. The minimum Gasteiger partial charge on any atom is -0.489 e. The first kappa shape index (κ1) is 23.8. The van der Waals surface area contributed by atoms with Gasteiger partial charge in [0.25, 0.3) is 5.91 Å². The van der Waals surface area contributed by atoms with Crippen LogP contribution < -0.4 is 15.9 Å². The molecule has 0 bridgehead atoms. The van der Waals surface area contributed by atoms with Crippen molar-refractivity contribution in [2.75, 3.05) is 5.73 Å². The molecule has 13 heteroatoms. The highest BCUT2D eigenvalue weighted by molar-refractivity contribution is 6.31. The summed E-state index contributed by atoms with van der Waals surface area (Å²) in [5.41, 5.74) is 9.63. The Bertz CT molecular complexity index is 1350. The van der Waals surface area contributed by atoms with Gasteiger partial charge in [-0.2, -0.15) is 9.78 Å². The first-order chi connectivity index (χ1) is 17.0. The zero-order valence-corrected chi connectivity index (χ0v) is 19.2. The van der Waals surface area contributed by atoms with Crippen molar-refractivity contribution in [1.29, 1.82) is 0 Å². The van der Waals surface area contributed by atoms with Gasteiger partial charge in [-0.25, -0.2) is 14.4 Å². The van der Waals surface area contributed by atoms with Gasteiger partial charge >= 0.3 is 0 Å². The Hall–Kier alpha value is -4.32. The highest BCUT2D eigenvalue weighted by Crippen LogP contribution is 2.22. The molecular weight excluding hydrogens is 479 g/mol. The molecule has 11 nitrogen and oxygen atoms in total. The number of nitrogens with zero attached hydrogens (tertiary/aromatic N) is 6. The van der Waals surface area contributed by atoms with Gasteiger partial charge in [-0.15, -0.1) is 5.10 Å². The molecule has 3 N–H and O–H groups in total. The second kappa shape index (κ2) is 10.7. The minimum absolute atomic E-state index is 0.0246. The molecule has 1 amide bonds. The second-order valence-corrected chi connectivity index (χ2v) is 7.69. The lowest BCUT2D eigenvalue weighted by molar-refractivity contribution is 0.0949. The highest BCUT2D eigenvalue weighted by atomic mass is 35.5. The number of nitrogens with two attached hydrogens (primary N) is 1. The van der Waals surface area contributed by atoms with E-state index in [9.17, 15) is 9.18 Å². The highest BCUT2D eigenvalue weighted by Gasteiger charge is 2.23. The van der Waals surface area contributed by atoms with Crippen molar-refractivity contribution in [1.82, 2.24) is 30.7 Å². The van der Waals surface area contributed by atoms with E-state index in [0.29, 0.717) is 29.8 Å². The van der Waals surface area contributed by atoms with Crippen molar-refractivity contribution < 1.29 is 18.6 Å². The molecule has 0 radical (unpaired) electrons. The molecule has 0 aliphatic carbocycles. The fourth-order valence-electron chi connectivity index (χ4n) is 3.18. The molecule has 0 atom stereocenters. The predicted molar refractivity (Wildman–Crippen MR) is 125 cm³/mol. The maximum absolute atomic E-state index is 13.9. The van der Waals surface area contributed by atoms with Gasteiger partial charge in [0.05, 0.1) is 16.9 Å². The van der Waals surface area contributed by atoms with E-state index in [-0.39, 0.29) is 34.5 Å². The predicted octanol–water partition coefficient (Wildman–Crippen LogP) is 3.32. The van der Waals surface area contributed by atoms with Gasteiger partial charge < -0.3 is 10.5 Å². The number of nitrogens with one attached hydrogen (secondary N) is 1. The molecule has 0 fully saturated rings. The zero-order valence-electron chi connectivity index (χ0n) is 18.5. The molecular formula is C22H20ClFN8O3. The Kier molecular flexibility index (Phi) is 7.31. The number of hydrogen-bond donors (Lipinski definition) is 2. The topological polar surface area (TPSA) is 146 Å². The molecule has 2 aromatic heterocycles. The van der Waals surface area contributed by atoms with Gasteiger partial charge in [-0.1, -0.05) is 48.4 Å². The Morgan fingerprint density at radius 3 is 2.89 bits per heavy atom. The van der Waals surface area contributed by atoms with Gasteiger partial charge in [0, 0.05) is 5.56 Å². The van der Waals surface area contributed by atoms with E-state index in [0.717, 1.165) is 0 Å². The quantitative estimate of drug-likeness (QED) is 0.264. The number of amides is 1. The average Bonchev–Trinajstić information content (AvgIpc) is 3.45. The van der Waals surface area contributed by atoms with Crippen molar-refractivity contribution in [3.8, 4) is 11.6 Å².